The number of aromatic nitrogens is 2. The Morgan fingerprint density at radius 2 is 1.97 bits per heavy atom. The Morgan fingerprint density at radius 3 is 2.72 bits per heavy atom. The number of carbonyl (C=O) groups excluding carboxylic acids is 2. The Morgan fingerprint density at radius 1 is 1.22 bits per heavy atom. The maximum Gasteiger partial charge on any atom is 0.341 e. The van der Waals surface area contributed by atoms with Crippen molar-refractivity contribution in [1.82, 2.24) is 9.55 Å². The van der Waals surface area contributed by atoms with Crippen molar-refractivity contribution in [1.29, 1.82) is 0 Å². The van der Waals surface area contributed by atoms with E-state index in [0.29, 0.717) is 25.9 Å². The van der Waals surface area contributed by atoms with Crippen LogP contribution in [0.5, 0.6) is 0 Å². The van der Waals surface area contributed by atoms with E-state index in [9.17, 15) is 14.4 Å². The van der Waals surface area contributed by atoms with Gasteiger partial charge in [-0.25, -0.2) is 9.78 Å². The second kappa shape index (κ2) is 9.36. The van der Waals surface area contributed by atoms with Gasteiger partial charge in [0.25, 0.3) is 5.56 Å². The molecule has 0 saturated carbocycles. The summed E-state index contributed by atoms with van der Waals surface area (Å²) in [5.74, 6) is -0.542. The quantitative estimate of drug-likeness (QED) is 0.311. The molecule has 0 bridgehead atoms. The summed E-state index contributed by atoms with van der Waals surface area (Å²) in [5.41, 5.74) is 2.37. The first kappa shape index (κ1) is 23.0. The number of hydrogen-bond acceptors (Lipinski definition) is 8. The summed E-state index contributed by atoms with van der Waals surface area (Å²) in [7, 11) is 1.67. The van der Waals surface area contributed by atoms with Gasteiger partial charge < -0.3 is 10.1 Å². The van der Waals surface area contributed by atoms with Crippen LogP contribution in [0, 0.1) is 13.8 Å². The highest BCUT2D eigenvalue weighted by molar-refractivity contribution is 7.99. The molecule has 10 heteroatoms. The number of hydrogen-bond donors (Lipinski definition) is 1. The zero-order chi connectivity index (χ0) is 23.0. The molecular weight excluding hydrogens is 466 g/mol. The topological polar surface area (TPSA) is 90.3 Å². The molecule has 0 aliphatic heterocycles. The Hall–Kier alpha value is -2.17. The van der Waals surface area contributed by atoms with Crippen LogP contribution in [0.3, 0.4) is 0 Å². The summed E-state index contributed by atoms with van der Waals surface area (Å²) < 4.78 is 6.74. The van der Waals surface area contributed by atoms with E-state index < -0.39 is 0 Å². The largest absolute Gasteiger partial charge is 0.462 e. The number of anilines is 1. The highest BCUT2D eigenvalue weighted by atomic mass is 32.2. The van der Waals surface area contributed by atoms with Gasteiger partial charge in [-0.1, -0.05) is 11.8 Å². The van der Waals surface area contributed by atoms with E-state index in [1.165, 1.54) is 39.0 Å². The van der Waals surface area contributed by atoms with E-state index in [0.717, 1.165) is 46.6 Å². The van der Waals surface area contributed by atoms with Crippen molar-refractivity contribution in [3.63, 3.8) is 0 Å². The first-order valence-corrected chi connectivity index (χ1v) is 13.1. The average Bonchev–Trinajstić information content (AvgIpc) is 3.26. The highest BCUT2D eigenvalue weighted by Gasteiger charge is 2.27. The molecule has 3 aromatic heterocycles. The van der Waals surface area contributed by atoms with Crippen LogP contribution in [0.4, 0.5) is 5.00 Å². The van der Waals surface area contributed by atoms with Crippen LogP contribution < -0.4 is 10.9 Å². The molecule has 0 unspecified atom stereocenters. The lowest BCUT2D eigenvalue weighted by molar-refractivity contribution is -0.113. The Bertz CT molecular complexity index is 1270. The number of nitrogens with zero attached hydrogens (tertiary/aromatic N) is 2. The number of thioether (sulfide) groups is 1. The lowest BCUT2D eigenvalue weighted by Gasteiger charge is -2.12. The van der Waals surface area contributed by atoms with Crippen LogP contribution >= 0.6 is 34.4 Å². The third-order valence-electron chi connectivity index (χ3n) is 5.61. The van der Waals surface area contributed by atoms with E-state index >= 15 is 0 Å². The smallest absolute Gasteiger partial charge is 0.341 e. The van der Waals surface area contributed by atoms with Crippen molar-refractivity contribution in [2.24, 2.45) is 7.05 Å². The van der Waals surface area contributed by atoms with Crippen molar-refractivity contribution in [2.45, 2.75) is 51.6 Å². The third kappa shape index (κ3) is 4.23. The minimum absolute atomic E-state index is 0.0833. The van der Waals surface area contributed by atoms with Crippen molar-refractivity contribution in [3.8, 4) is 0 Å². The first-order valence-electron chi connectivity index (χ1n) is 10.5. The predicted molar refractivity (Wildman–Crippen MR) is 131 cm³/mol. The number of esters is 1. The van der Waals surface area contributed by atoms with Crippen molar-refractivity contribution in [3.05, 3.63) is 36.8 Å². The Labute approximate surface area is 198 Å². The summed E-state index contributed by atoms with van der Waals surface area (Å²) in [6, 6.07) is 0. The van der Waals surface area contributed by atoms with Crippen molar-refractivity contribution >= 4 is 61.5 Å². The Kier molecular flexibility index (Phi) is 6.73. The van der Waals surface area contributed by atoms with E-state index in [1.807, 2.05) is 13.8 Å². The normalized spacial score (nSPS) is 13.2. The monoisotopic (exact) mass is 491 g/mol. The molecule has 0 fully saturated rings. The van der Waals surface area contributed by atoms with Gasteiger partial charge in [-0.2, -0.15) is 0 Å². The van der Waals surface area contributed by atoms with Crippen molar-refractivity contribution < 1.29 is 14.3 Å². The summed E-state index contributed by atoms with van der Waals surface area (Å²) in [5, 5.41) is 4.61. The van der Waals surface area contributed by atoms with Gasteiger partial charge >= 0.3 is 5.97 Å². The number of rotatable bonds is 6. The number of carbonyl (C=O) groups is 2. The van der Waals surface area contributed by atoms with Crippen LogP contribution in [0.1, 0.15) is 51.0 Å². The highest BCUT2D eigenvalue weighted by Crippen LogP contribution is 2.38. The zero-order valence-electron chi connectivity index (χ0n) is 18.5. The molecule has 1 N–H and O–H groups in total. The fourth-order valence-corrected chi connectivity index (χ4v) is 6.99. The molecule has 1 aliphatic rings. The fourth-order valence-electron chi connectivity index (χ4n) is 3.85. The predicted octanol–water partition coefficient (Wildman–Crippen LogP) is 4.46. The van der Waals surface area contributed by atoms with Crippen LogP contribution in [-0.4, -0.2) is 33.8 Å². The number of ether oxygens (including phenoxy) is 1. The molecular formula is C22H25N3O4S3. The minimum Gasteiger partial charge on any atom is -0.462 e. The molecule has 170 valence electrons. The van der Waals surface area contributed by atoms with Crippen molar-refractivity contribution in [2.75, 3.05) is 17.7 Å². The number of fused-ring (bicyclic) bond motifs is 2. The lowest BCUT2D eigenvalue weighted by Crippen LogP contribution is -2.21. The molecule has 7 nitrogen and oxygen atoms in total. The zero-order valence-corrected chi connectivity index (χ0v) is 20.9. The second-order valence-electron chi connectivity index (χ2n) is 7.69. The summed E-state index contributed by atoms with van der Waals surface area (Å²) in [6.07, 6.45) is 3.87. The van der Waals surface area contributed by atoms with Gasteiger partial charge in [0.05, 0.1) is 23.3 Å². The van der Waals surface area contributed by atoms with Gasteiger partial charge in [-0.15, -0.1) is 22.7 Å². The fraction of sp³-hybridized carbons (Fsp3) is 0.455. The minimum atomic E-state index is -0.382. The maximum atomic E-state index is 12.8. The molecule has 0 saturated heterocycles. The van der Waals surface area contributed by atoms with Crippen LogP contribution in [-0.2, 0) is 29.4 Å². The van der Waals surface area contributed by atoms with Crippen LogP contribution in [0.15, 0.2) is 9.95 Å². The van der Waals surface area contributed by atoms with E-state index in [2.05, 4.69) is 10.3 Å². The first-order chi connectivity index (χ1) is 15.3. The second-order valence-corrected chi connectivity index (χ2v) is 10.9. The molecule has 3 heterocycles. The molecule has 1 amide bonds. The third-order valence-corrected chi connectivity index (χ3v) is 8.94. The number of amides is 1. The molecule has 0 radical (unpaired) electrons. The molecule has 0 aromatic carbocycles. The number of nitrogens with one attached hydrogen (secondary N) is 1. The summed E-state index contributed by atoms with van der Waals surface area (Å²) in [4.78, 5) is 45.6. The number of thiophene rings is 2. The van der Waals surface area contributed by atoms with Crippen LogP contribution in [0.2, 0.25) is 0 Å². The van der Waals surface area contributed by atoms with E-state index in [-0.39, 0.29) is 29.8 Å². The SMILES string of the molecule is CCOC(=O)c1c(NC(=O)CSc2nc3sc(C)c(C)c3c(=O)n2C)sc2c1CCCC2. The van der Waals surface area contributed by atoms with Gasteiger partial charge in [-0.05, 0) is 57.6 Å². The van der Waals surface area contributed by atoms with Gasteiger partial charge in [-0.3, -0.25) is 14.2 Å². The van der Waals surface area contributed by atoms with Gasteiger partial charge in [0.2, 0.25) is 5.91 Å². The summed E-state index contributed by atoms with van der Waals surface area (Å²) in [6.45, 7) is 5.97. The van der Waals surface area contributed by atoms with E-state index in [1.54, 1.807) is 14.0 Å². The molecule has 0 spiro atoms. The standard InChI is InChI=1S/C22H25N3O4S3/c1-5-29-21(28)17-13-8-6-7-9-14(13)32-19(17)23-15(26)10-30-22-24-18-16(20(27)25(22)4)11(2)12(3)31-18/h5-10H2,1-4H3,(H,23,26). The van der Waals surface area contributed by atoms with Gasteiger partial charge in [0.15, 0.2) is 5.16 Å². The molecule has 32 heavy (non-hydrogen) atoms. The van der Waals surface area contributed by atoms with E-state index in [4.69, 9.17) is 4.74 Å². The number of aryl methyl sites for hydroxylation is 3. The average molecular weight is 492 g/mol. The molecule has 3 aromatic rings. The molecule has 4 rings (SSSR count). The van der Waals surface area contributed by atoms with Gasteiger partial charge in [0.1, 0.15) is 9.83 Å². The maximum absolute atomic E-state index is 12.8. The van der Waals surface area contributed by atoms with Gasteiger partial charge in [0, 0.05) is 16.8 Å². The summed E-state index contributed by atoms with van der Waals surface area (Å²) >= 11 is 4.17. The van der Waals surface area contributed by atoms with Crippen LogP contribution in [0.25, 0.3) is 10.2 Å². The molecule has 1 aliphatic carbocycles. The lowest BCUT2D eigenvalue weighted by atomic mass is 9.95. The Balaban J connectivity index is 1.54. The molecule has 0 atom stereocenters.